The molecule has 0 aliphatic carbocycles. The topological polar surface area (TPSA) is 47.1 Å². The highest BCUT2D eigenvalue weighted by Crippen LogP contribution is 2.19. The molecule has 2 rings (SSSR count). The van der Waals surface area contributed by atoms with Crippen molar-refractivity contribution in [3.05, 3.63) is 47.3 Å². The van der Waals surface area contributed by atoms with E-state index in [0.29, 0.717) is 6.54 Å². The van der Waals surface area contributed by atoms with Crippen molar-refractivity contribution in [3.8, 4) is 0 Å². The normalized spacial score (nSPS) is 10.7. The highest BCUT2D eigenvalue weighted by atomic mass is 15.2. The van der Waals surface area contributed by atoms with Gasteiger partial charge in [0.25, 0.3) is 0 Å². The van der Waals surface area contributed by atoms with Crippen molar-refractivity contribution in [2.75, 3.05) is 11.9 Å². The molecule has 1 aromatic carbocycles. The fourth-order valence-corrected chi connectivity index (χ4v) is 2.07. The van der Waals surface area contributed by atoms with Crippen LogP contribution in [0, 0.1) is 6.92 Å². The molecule has 0 saturated heterocycles. The van der Waals surface area contributed by atoms with Crippen LogP contribution in [-0.2, 0) is 20.1 Å². The van der Waals surface area contributed by atoms with Crippen LogP contribution in [0.2, 0.25) is 0 Å². The number of aryl methyl sites for hydroxylation is 2. The molecule has 0 bridgehead atoms. The van der Waals surface area contributed by atoms with Gasteiger partial charge in [-0.3, -0.25) is 4.68 Å². The molecule has 1 heterocycles. The molecule has 0 radical (unpaired) electrons. The van der Waals surface area contributed by atoms with Gasteiger partial charge in [0, 0.05) is 44.6 Å². The average molecular weight is 244 g/mol. The fraction of sp³-hybridized carbons (Fsp3) is 0.357. The second-order valence-electron chi connectivity index (χ2n) is 4.69. The molecule has 1 aromatic heterocycles. The van der Waals surface area contributed by atoms with Crippen LogP contribution in [0.5, 0.6) is 0 Å². The Morgan fingerprint density at radius 2 is 2.17 bits per heavy atom. The first-order valence-electron chi connectivity index (χ1n) is 6.08. The van der Waals surface area contributed by atoms with Gasteiger partial charge in [-0.05, 0) is 30.2 Å². The first-order valence-corrected chi connectivity index (χ1v) is 6.08. The zero-order valence-corrected chi connectivity index (χ0v) is 11.2. The van der Waals surface area contributed by atoms with Gasteiger partial charge in [0.2, 0.25) is 0 Å². The molecule has 96 valence electrons. The van der Waals surface area contributed by atoms with E-state index < -0.39 is 0 Å². The van der Waals surface area contributed by atoms with Gasteiger partial charge < -0.3 is 10.6 Å². The number of rotatable bonds is 4. The van der Waals surface area contributed by atoms with Crippen LogP contribution in [0.1, 0.15) is 16.7 Å². The maximum absolute atomic E-state index is 5.68. The van der Waals surface area contributed by atoms with Crippen LogP contribution in [0.15, 0.2) is 30.6 Å². The SMILES string of the molecule is Cc1cc(N(C)Cc2cnn(C)c2)ccc1CN. The van der Waals surface area contributed by atoms with Gasteiger partial charge in [0.1, 0.15) is 0 Å². The van der Waals surface area contributed by atoms with Crippen LogP contribution in [-0.4, -0.2) is 16.8 Å². The van der Waals surface area contributed by atoms with Gasteiger partial charge in [-0.1, -0.05) is 6.07 Å². The average Bonchev–Trinajstić information content (AvgIpc) is 2.74. The minimum absolute atomic E-state index is 0.596. The molecular formula is C14H20N4. The van der Waals surface area contributed by atoms with Crippen molar-refractivity contribution < 1.29 is 0 Å². The summed E-state index contributed by atoms with van der Waals surface area (Å²) in [7, 11) is 4.02. The van der Waals surface area contributed by atoms with Gasteiger partial charge in [-0.15, -0.1) is 0 Å². The molecule has 0 unspecified atom stereocenters. The van der Waals surface area contributed by atoms with Crippen molar-refractivity contribution in [1.82, 2.24) is 9.78 Å². The van der Waals surface area contributed by atoms with E-state index in [4.69, 9.17) is 5.73 Å². The number of aromatic nitrogens is 2. The lowest BCUT2D eigenvalue weighted by molar-refractivity contribution is 0.766. The minimum atomic E-state index is 0.596. The Labute approximate surface area is 108 Å². The Hall–Kier alpha value is -1.81. The van der Waals surface area contributed by atoms with Crippen LogP contribution >= 0.6 is 0 Å². The van der Waals surface area contributed by atoms with Gasteiger partial charge in [0.05, 0.1) is 6.20 Å². The Bertz CT molecular complexity index is 530. The number of anilines is 1. The number of nitrogens with two attached hydrogens (primary N) is 1. The Morgan fingerprint density at radius 3 is 2.72 bits per heavy atom. The van der Waals surface area contributed by atoms with Crippen molar-refractivity contribution >= 4 is 5.69 Å². The van der Waals surface area contributed by atoms with Crippen molar-refractivity contribution in [3.63, 3.8) is 0 Å². The highest BCUT2D eigenvalue weighted by molar-refractivity contribution is 5.50. The summed E-state index contributed by atoms with van der Waals surface area (Å²) in [6, 6.07) is 6.40. The zero-order valence-electron chi connectivity index (χ0n) is 11.2. The van der Waals surface area contributed by atoms with E-state index in [1.54, 1.807) is 0 Å². The van der Waals surface area contributed by atoms with E-state index in [1.165, 1.54) is 22.4 Å². The molecule has 0 aliphatic rings. The summed E-state index contributed by atoms with van der Waals surface area (Å²) in [5, 5.41) is 4.18. The van der Waals surface area contributed by atoms with Gasteiger partial charge in [-0.2, -0.15) is 5.10 Å². The van der Waals surface area contributed by atoms with Crippen molar-refractivity contribution in [2.24, 2.45) is 12.8 Å². The maximum Gasteiger partial charge on any atom is 0.0539 e. The second-order valence-corrected chi connectivity index (χ2v) is 4.69. The monoisotopic (exact) mass is 244 g/mol. The lowest BCUT2D eigenvalue weighted by Gasteiger charge is -2.19. The van der Waals surface area contributed by atoms with Crippen molar-refractivity contribution in [2.45, 2.75) is 20.0 Å². The number of hydrogen-bond acceptors (Lipinski definition) is 3. The van der Waals surface area contributed by atoms with Gasteiger partial charge in [-0.25, -0.2) is 0 Å². The summed E-state index contributed by atoms with van der Waals surface area (Å²) in [6.45, 7) is 3.55. The van der Waals surface area contributed by atoms with Gasteiger partial charge in [0.15, 0.2) is 0 Å². The summed E-state index contributed by atoms with van der Waals surface area (Å²) in [5.41, 5.74) is 10.5. The van der Waals surface area contributed by atoms with Crippen LogP contribution in [0.25, 0.3) is 0 Å². The van der Waals surface area contributed by atoms with Crippen LogP contribution in [0.4, 0.5) is 5.69 Å². The van der Waals surface area contributed by atoms with E-state index in [-0.39, 0.29) is 0 Å². The number of nitrogens with zero attached hydrogens (tertiary/aromatic N) is 3. The van der Waals surface area contributed by atoms with Crippen molar-refractivity contribution in [1.29, 1.82) is 0 Å². The summed E-state index contributed by atoms with van der Waals surface area (Å²) in [6.07, 6.45) is 3.94. The largest absolute Gasteiger partial charge is 0.370 e. The van der Waals surface area contributed by atoms with E-state index in [2.05, 4.69) is 42.2 Å². The third-order valence-corrected chi connectivity index (χ3v) is 3.16. The molecule has 0 spiro atoms. The fourth-order valence-electron chi connectivity index (χ4n) is 2.07. The number of benzene rings is 1. The standard InChI is InChI=1S/C14H20N4/c1-11-6-14(5-4-13(11)7-15)17(2)9-12-8-16-18(3)10-12/h4-6,8,10H,7,9,15H2,1-3H3. The molecule has 0 amide bonds. The molecule has 0 saturated carbocycles. The highest BCUT2D eigenvalue weighted by Gasteiger charge is 2.05. The Kier molecular flexibility index (Phi) is 3.67. The maximum atomic E-state index is 5.68. The van der Waals surface area contributed by atoms with E-state index in [0.717, 1.165) is 6.54 Å². The first kappa shape index (κ1) is 12.6. The Morgan fingerprint density at radius 1 is 1.39 bits per heavy atom. The molecular weight excluding hydrogens is 224 g/mol. The van der Waals surface area contributed by atoms with Gasteiger partial charge >= 0.3 is 0 Å². The molecule has 4 nitrogen and oxygen atoms in total. The predicted octanol–water partition coefficient (Wildman–Crippen LogP) is 1.82. The summed E-state index contributed by atoms with van der Waals surface area (Å²) >= 11 is 0. The quantitative estimate of drug-likeness (QED) is 0.892. The lowest BCUT2D eigenvalue weighted by Crippen LogP contribution is -2.16. The molecule has 0 fully saturated rings. The lowest BCUT2D eigenvalue weighted by atomic mass is 10.1. The molecule has 2 N–H and O–H groups in total. The summed E-state index contributed by atoms with van der Waals surface area (Å²) in [5.74, 6) is 0. The third-order valence-electron chi connectivity index (χ3n) is 3.16. The molecule has 2 aromatic rings. The first-order chi connectivity index (χ1) is 8.60. The minimum Gasteiger partial charge on any atom is -0.370 e. The molecule has 18 heavy (non-hydrogen) atoms. The Balaban J connectivity index is 2.13. The molecule has 0 atom stereocenters. The van der Waals surface area contributed by atoms with E-state index >= 15 is 0 Å². The smallest absolute Gasteiger partial charge is 0.0539 e. The summed E-state index contributed by atoms with van der Waals surface area (Å²) in [4.78, 5) is 2.21. The van der Waals surface area contributed by atoms with Crippen LogP contribution < -0.4 is 10.6 Å². The molecule has 4 heteroatoms. The molecule has 0 aliphatic heterocycles. The summed E-state index contributed by atoms with van der Waals surface area (Å²) < 4.78 is 1.83. The zero-order chi connectivity index (χ0) is 13.1. The third kappa shape index (κ3) is 2.71. The van der Waals surface area contributed by atoms with Crippen LogP contribution in [0.3, 0.4) is 0 Å². The second kappa shape index (κ2) is 5.23. The predicted molar refractivity (Wildman–Crippen MR) is 74.4 cm³/mol. The van der Waals surface area contributed by atoms with E-state index in [1.807, 2.05) is 24.1 Å². The van der Waals surface area contributed by atoms with E-state index in [9.17, 15) is 0 Å². The number of hydrogen-bond donors (Lipinski definition) is 1.